The zero-order chi connectivity index (χ0) is 15.9. The molecule has 1 heterocycles. The first-order valence-electron chi connectivity index (χ1n) is 8.85. The molecular weight excluding hydrogens is 278 g/mol. The Kier molecular flexibility index (Phi) is 6.68. The van der Waals surface area contributed by atoms with Gasteiger partial charge in [-0.1, -0.05) is 0 Å². The molecule has 0 atom stereocenters. The topological polar surface area (TPSA) is 61.4 Å². The average Bonchev–Trinajstić information content (AvgIpc) is 3.29. The highest BCUT2D eigenvalue weighted by molar-refractivity contribution is 5.79. The van der Waals surface area contributed by atoms with Crippen LogP contribution in [0.4, 0.5) is 0 Å². The summed E-state index contributed by atoms with van der Waals surface area (Å²) < 4.78 is 0. The quantitative estimate of drug-likeness (QED) is 0.717. The van der Waals surface area contributed by atoms with Crippen LogP contribution in [0, 0.1) is 5.92 Å². The smallest absolute Gasteiger partial charge is 0.222 e. The molecular formula is C17H31N3O2. The third kappa shape index (κ3) is 6.34. The first kappa shape index (κ1) is 17.3. The van der Waals surface area contributed by atoms with E-state index in [1.165, 1.54) is 12.8 Å². The van der Waals surface area contributed by atoms with Crippen molar-refractivity contribution >= 4 is 11.8 Å². The van der Waals surface area contributed by atoms with Crippen molar-refractivity contribution in [3.63, 3.8) is 0 Å². The molecule has 2 fully saturated rings. The van der Waals surface area contributed by atoms with E-state index in [4.69, 9.17) is 0 Å². The minimum atomic E-state index is 0.0470. The molecule has 5 heteroatoms. The van der Waals surface area contributed by atoms with Gasteiger partial charge in [0, 0.05) is 38.0 Å². The van der Waals surface area contributed by atoms with Gasteiger partial charge in [-0.05, 0) is 58.4 Å². The Morgan fingerprint density at radius 2 is 1.77 bits per heavy atom. The lowest BCUT2D eigenvalue weighted by Gasteiger charge is -2.32. The highest BCUT2D eigenvalue weighted by Crippen LogP contribution is 2.28. The van der Waals surface area contributed by atoms with Crippen LogP contribution in [0.5, 0.6) is 0 Å². The molecule has 2 amide bonds. The number of nitrogens with zero attached hydrogens (tertiary/aromatic N) is 1. The first-order chi connectivity index (χ1) is 10.5. The molecule has 1 aliphatic carbocycles. The Morgan fingerprint density at radius 1 is 1.09 bits per heavy atom. The maximum Gasteiger partial charge on any atom is 0.222 e. The maximum atomic E-state index is 12.2. The van der Waals surface area contributed by atoms with Crippen molar-refractivity contribution in [3.8, 4) is 0 Å². The summed E-state index contributed by atoms with van der Waals surface area (Å²) in [5.74, 6) is 1.17. The SMILES string of the molecule is CC(C)NC(=O)CCCC(=O)N1CCC(NCC2CC2)CC1. The van der Waals surface area contributed by atoms with E-state index in [0.717, 1.165) is 38.4 Å². The molecule has 1 saturated heterocycles. The normalized spacial score (nSPS) is 19.5. The van der Waals surface area contributed by atoms with Crippen LogP contribution in [0.25, 0.3) is 0 Å². The van der Waals surface area contributed by atoms with Crippen LogP contribution in [0.1, 0.15) is 58.8 Å². The van der Waals surface area contributed by atoms with Gasteiger partial charge in [-0.25, -0.2) is 0 Å². The van der Waals surface area contributed by atoms with Crippen molar-refractivity contribution in [2.45, 2.75) is 70.9 Å². The summed E-state index contributed by atoms with van der Waals surface area (Å²) in [6.45, 7) is 6.78. The Balaban J connectivity index is 1.55. The van der Waals surface area contributed by atoms with Crippen LogP contribution in [-0.4, -0.2) is 48.4 Å². The number of carbonyl (C=O) groups excluding carboxylic acids is 2. The number of rotatable bonds is 8. The standard InChI is InChI=1S/C17H31N3O2/c1-13(2)19-16(21)4-3-5-17(22)20-10-8-15(9-11-20)18-12-14-6-7-14/h13-15,18H,3-12H2,1-2H3,(H,19,21). The van der Waals surface area contributed by atoms with Crippen molar-refractivity contribution in [1.29, 1.82) is 0 Å². The first-order valence-corrected chi connectivity index (χ1v) is 8.85. The molecule has 2 N–H and O–H groups in total. The summed E-state index contributed by atoms with van der Waals surface area (Å²) in [5, 5.41) is 6.49. The molecule has 5 nitrogen and oxygen atoms in total. The molecule has 0 spiro atoms. The Hall–Kier alpha value is -1.10. The fourth-order valence-corrected chi connectivity index (χ4v) is 2.94. The van der Waals surface area contributed by atoms with E-state index in [2.05, 4.69) is 10.6 Å². The monoisotopic (exact) mass is 309 g/mol. The van der Waals surface area contributed by atoms with Crippen LogP contribution >= 0.6 is 0 Å². The molecule has 126 valence electrons. The largest absolute Gasteiger partial charge is 0.354 e. The molecule has 0 radical (unpaired) electrons. The molecule has 0 unspecified atom stereocenters. The Labute approximate surface area is 134 Å². The summed E-state index contributed by atoms with van der Waals surface area (Å²) in [7, 11) is 0. The lowest BCUT2D eigenvalue weighted by atomic mass is 10.0. The summed E-state index contributed by atoms with van der Waals surface area (Å²) in [4.78, 5) is 25.7. The minimum absolute atomic E-state index is 0.0470. The lowest BCUT2D eigenvalue weighted by Crippen LogP contribution is -2.45. The van der Waals surface area contributed by atoms with Crippen molar-refractivity contribution in [3.05, 3.63) is 0 Å². The minimum Gasteiger partial charge on any atom is -0.354 e. The number of hydrogen-bond acceptors (Lipinski definition) is 3. The second-order valence-electron chi connectivity index (χ2n) is 7.08. The van der Waals surface area contributed by atoms with Gasteiger partial charge in [0.15, 0.2) is 0 Å². The van der Waals surface area contributed by atoms with Gasteiger partial charge in [-0.15, -0.1) is 0 Å². The second-order valence-corrected chi connectivity index (χ2v) is 7.08. The summed E-state index contributed by atoms with van der Waals surface area (Å²) in [5.41, 5.74) is 0. The molecule has 0 aromatic heterocycles. The van der Waals surface area contributed by atoms with E-state index in [-0.39, 0.29) is 17.9 Å². The van der Waals surface area contributed by atoms with Crippen molar-refractivity contribution in [1.82, 2.24) is 15.5 Å². The second kappa shape index (κ2) is 8.51. The number of carbonyl (C=O) groups is 2. The molecule has 0 bridgehead atoms. The molecule has 22 heavy (non-hydrogen) atoms. The van der Waals surface area contributed by atoms with Gasteiger partial charge in [-0.2, -0.15) is 0 Å². The Bertz CT molecular complexity index is 372. The van der Waals surface area contributed by atoms with E-state index in [1.807, 2.05) is 18.7 Å². The van der Waals surface area contributed by atoms with Crippen LogP contribution in [0.3, 0.4) is 0 Å². The van der Waals surface area contributed by atoms with Gasteiger partial charge in [0.1, 0.15) is 0 Å². The molecule has 0 aromatic carbocycles. The van der Waals surface area contributed by atoms with Gasteiger partial charge < -0.3 is 15.5 Å². The predicted octanol–water partition coefficient (Wildman–Crippen LogP) is 1.67. The van der Waals surface area contributed by atoms with Crippen LogP contribution in [0.15, 0.2) is 0 Å². The predicted molar refractivity (Wildman–Crippen MR) is 87.5 cm³/mol. The number of hydrogen-bond donors (Lipinski definition) is 2. The number of nitrogens with one attached hydrogen (secondary N) is 2. The number of likely N-dealkylation sites (tertiary alicyclic amines) is 1. The molecule has 2 aliphatic rings. The third-order valence-electron chi connectivity index (χ3n) is 4.48. The van der Waals surface area contributed by atoms with E-state index in [9.17, 15) is 9.59 Å². The lowest BCUT2D eigenvalue weighted by molar-refractivity contribution is -0.132. The van der Waals surface area contributed by atoms with Crippen LogP contribution < -0.4 is 10.6 Å². The van der Waals surface area contributed by atoms with Gasteiger partial charge in [-0.3, -0.25) is 9.59 Å². The van der Waals surface area contributed by atoms with Gasteiger partial charge in [0.05, 0.1) is 0 Å². The molecule has 2 rings (SSSR count). The zero-order valence-electron chi connectivity index (χ0n) is 14.1. The van der Waals surface area contributed by atoms with Gasteiger partial charge >= 0.3 is 0 Å². The van der Waals surface area contributed by atoms with E-state index in [1.54, 1.807) is 0 Å². The van der Waals surface area contributed by atoms with Crippen molar-refractivity contribution in [2.24, 2.45) is 5.92 Å². The maximum absolute atomic E-state index is 12.2. The summed E-state index contributed by atoms with van der Waals surface area (Å²) >= 11 is 0. The zero-order valence-corrected chi connectivity index (χ0v) is 14.1. The summed E-state index contributed by atoms with van der Waals surface area (Å²) in [6.07, 6.45) is 6.48. The Morgan fingerprint density at radius 3 is 2.36 bits per heavy atom. The van der Waals surface area contributed by atoms with Crippen LogP contribution in [0.2, 0.25) is 0 Å². The number of amides is 2. The number of piperidine rings is 1. The van der Waals surface area contributed by atoms with Crippen molar-refractivity contribution < 1.29 is 9.59 Å². The van der Waals surface area contributed by atoms with E-state index < -0.39 is 0 Å². The van der Waals surface area contributed by atoms with Crippen molar-refractivity contribution in [2.75, 3.05) is 19.6 Å². The molecule has 1 aliphatic heterocycles. The molecule has 1 saturated carbocycles. The van der Waals surface area contributed by atoms with Gasteiger partial charge in [0.25, 0.3) is 0 Å². The average molecular weight is 309 g/mol. The van der Waals surface area contributed by atoms with Crippen LogP contribution in [-0.2, 0) is 9.59 Å². The van der Waals surface area contributed by atoms with Gasteiger partial charge in [0.2, 0.25) is 11.8 Å². The third-order valence-corrected chi connectivity index (χ3v) is 4.48. The van der Waals surface area contributed by atoms with E-state index in [0.29, 0.717) is 25.3 Å². The fourth-order valence-electron chi connectivity index (χ4n) is 2.94. The highest BCUT2D eigenvalue weighted by Gasteiger charge is 2.25. The summed E-state index contributed by atoms with van der Waals surface area (Å²) in [6, 6.07) is 0.756. The fraction of sp³-hybridized carbons (Fsp3) is 0.882. The highest BCUT2D eigenvalue weighted by atomic mass is 16.2. The van der Waals surface area contributed by atoms with E-state index >= 15 is 0 Å². The molecule has 0 aromatic rings.